The molecule has 1 saturated heterocycles. The van der Waals surface area contributed by atoms with E-state index < -0.39 is 11.8 Å². The van der Waals surface area contributed by atoms with E-state index in [4.69, 9.17) is 4.74 Å². The van der Waals surface area contributed by atoms with Crippen LogP contribution in [0.5, 0.6) is 0 Å². The average molecular weight is 186 g/mol. The second kappa shape index (κ2) is 2.25. The van der Waals surface area contributed by atoms with Crippen LogP contribution >= 0.6 is 0 Å². The van der Waals surface area contributed by atoms with Gasteiger partial charge in [-0.2, -0.15) is 0 Å². The topological polar surface area (TPSA) is 26.3 Å². The zero-order valence-electron chi connectivity index (χ0n) is 8.26. The number of rotatable bonds is 0. The number of esters is 1. The number of cyclic esters (lactones) is 1. The first-order chi connectivity index (χ1) is 5.89. The highest BCUT2D eigenvalue weighted by atomic mass is 19.1. The fraction of sp³-hybridized carbons (Fsp3) is 0.900. The van der Waals surface area contributed by atoms with Gasteiger partial charge in [0.2, 0.25) is 6.36 Å². The van der Waals surface area contributed by atoms with E-state index in [1.54, 1.807) is 0 Å². The van der Waals surface area contributed by atoms with Crippen molar-refractivity contribution >= 4 is 5.97 Å². The minimum atomic E-state index is -1.39. The van der Waals surface area contributed by atoms with Gasteiger partial charge in [-0.25, -0.2) is 4.39 Å². The fourth-order valence-corrected chi connectivity index (χ4v) is 2.67. The number of halogens is 1. The lowest BCUT2D eigenvalue weighted by Crippen LogP contribution is -2.50. The van der Waals surface area contributed by atoms with Crippen molar-refractivity contribution in [2.24, 2.45) is 16.7 Å². The zero-order chi connectivity index (χ0) is 9.85. The normalized spacial score (nSPS) is 47.5. The highest BCUT2D eigenvalue weighted by Gasteiger charge is 2.63. The molecule has 2 aliphatic rings. The van der Waals surface area contributed by atoms with E-state index in [9.17, 15) is 9.18 Å². The molecule has 1 heterocycles. The summed E-state index contributed by atoms with van der Waals surface area (Å²) >= 11 is 0. The summed E-state index contributed by atoms with van der Waals surface area (Å²) in [5, 5.41) is 0. The molecule has 3 heteroatoms. The number of fused-ring (bicyclic) bond motifs is 2. The van der Waals surface area contributed by atoms with Crippen molar-refractivity contribution in [3.8, 4) is 0 Å². The Labute approximate surface area is 77.5 Å². The molecule has 0 aromatic heterocycles. The number of carbonyl (C=O) groups is 1. The molecule has 3 atom stereocenters. The second-order valence-corrected chi connectivity index (χ2v) is 4.96. The van der Waals surface area contributed by atoms with Gasteiger partial charge in [-0.05, 0) is 25.2 Å². The van der Waals surface area contributed by atoms with Crippen LogP contribution in [0.2, 0.25) is 0 Å². The Morgan fingerprint density at radius 3 is 2.69 bits per heavy atom. The summed E-state index contributed by atoms with van der Waals surface area (Å²) in [6.07, 6.45) is 0.124. The van der Waals surface area contributed by atoms with Crippen molar-refractivity contribution in [1.29, 1.82) is 0 Å². The summed E-state index contributed by atoms with van der Waals surface area (Å²) in [4.78, 5) is 11.5. The Hall–Kier alpha value is -0.600. The molecule has 2 bridgehead atoms. The maximum atomic E-state index is 13.3. The first-order valence-electron chi connectivity index (χ1n) is 4.75. The lowest BCUT2D eigenvalue weighted by atomic mass is 9.64. The first-order valence-corrected chi connectivity index (χ1v) is 4.75. The second-order valence-electron chi connectivity index (χ2n) is 4.96. The lowest BCUT2D eigenvalue weighted by molar-refractivity contribution is -0.204. The van der Waals surface area contributed by atoms with Crippen molar-refractivity contribution in [2.45, 2.75) is 40.0 Å². The number of hydrogen-bond donors (Lipinski definition) is 0. The fourth-order valence-electron chi connectivity index (χ4n) is 2.67. The van der Waals surface area contributed by atoms with Gasteiger partial charge in [-0.1, -0.05) is 13.8 Å². The monoisotopic (exact) mass is 186 g/mol. The molecule has 0 aromatic rings. The Bertz CT molecular complexity index is 262. The molecular weight excluding hydrogens is 171 g/mol. The molecule has 1 aliphatic heterocycles. The molecule has 0 aromatic carbocycles. The van der Waals surface area contributed by atoms with E-state index >= 15 is 0 Å². The third-order valence-corrected chi connectivity index (χ3v) is 4.29. The van der Waals surface area contributed by atoms with Crippen LogP contribution in [0.3, 0.4) is 0 Å². The number of carbonyl (C=O) groups excluding carboxylic acids is 1. The van der Waals surface area contributed by atoms with E-state index in [1.165, 1.54) is 0 Å². The minimum absolute atomic E-state index is 0.116. The molecule has 0 N–H and O–H groups in total. The Morgan fingerprint density at radius 2 is 2.08 bits per heavy atom. The van der Waals surface area contributed by atoms with Gasteiger partial charge < -0.3 is 4.74 Å². The predicted octanol–water partition coefficient (Wildman–Crippen LogP) is 2.28. The van der Waals surface area contributed by atoms with Crippen molar-refractivity contribution in [3.63, 3.8) is 0 Å². The van der Waals surface area contributed by atoms with Crippen LogP contribution in [0, 0.1) is 16.7 Å². The highest BCUT2D eigenvalue weighted by molar-refractivity contribution is 5.79. The number of alkyl halides is 1. The lowest BCUT2D eigenvalue weighted by Gasteiger charge is -2.44. The summed E-state index contributed by atoms with van der Waals surface area (Å²) in [6.45, 7) is 5.83. The zero-order valence-corrected chi connectivity index (χ0v) is 8.26. The third-order valence-electron chi connectivity index (χ3n) is 4.29. The number of ether oxygens (including phenoxy) is 1. The molecule has 0 radical (unpaired) electrons. The van der Waals surface area contributed by atoms with Crippen LogP contribution in [0.25, 0.3) is 0 Å². The van der Waals surface area contributed by atoms with Gasteiger partial charge in [-0.15, -0.1) is 0 Å². The van der Waals surface area contributed by atoms with Gasteiger partial charge in [-0.3, -0.25) is 4.79 Å². The van der Waals surface area contributed by atoms with Gasteiger partial charge in [0.05, 0.1) is 5.41 Å². The minimum Gasteiger partial charge on any atom is -0.430 e. The smallest absolute Gasteiger partial charge is 0.314 e. The average Bonchev–Trinajstić information content (AvgIpc) is 2.16. The van der Waals surface area contributed by atoms with Crippen LogP contribution in [-0.2, 0) is 9.53 Å². The summed E-state index contributed by atoms with van der Waals surface area (Å²) in [5.74, 6) is -0.478. The quantitative estimate of drug-likeness (QED) is 0.542. The molecule has 13 heavy (non-hydrogen) atoms. The largest absolute Gasteiger partial charge is 0.430 e. The first kappa shape index (κ1) is 8.97. The van der Waals surface area contributed by atoms with Gasteiger partial charge in [0, 0.05) is 5.92 Å². The summed E-state index contributed by atoms with van der Waals surface area (Å²) in [6, 6.07) is 0. The number of hydrogen-bond acceptors (Lipinski definition) is 2. The Morgan fingerprint density at radius 1 is 1.46 bits per heavy atom. The van der Waals surface area contributed by atoms with E-state index in [1.807, 2.05) is 20.8 Å². The summed E-state index contributed by atoms with van der Waals surface area (Å²) in [5.41, 5.74) is -0.734. The highest BCUT2D eigenvalue weighted by Crippen LogP contribution is 2.61. The van der Waals surface area contributed by atoms with E-state index in [-0.39, 0.29) is 17.3 Å². The molecule has 2 fully saturated rings. The van der Waals surface area contributed by atoms with Crippen molar-refractivity contribution < 1.29 is 13.9 Å². The maximum absolute atomic E-state index is 13.3. The maximum Gasteiger partial charge on any atom is 0.314 e. The predicted molar refractivity (Wildman–Crippen MR) is 45.6 cm³/mol. The molecule has 74 valence electrons. The standard InChI is InChI=1S/C10H15FO2/c1-9(2)6-4-5-10(9,3)8(12)13-7(6)11/h6-7H,4-5H2,1-3H3/t6-,7+,10+/m1/s1. The summed E-state index contributed by atoms with van der Waals surface area (Å²) < 4.78 is 18.1. The van der Waals surface area contributed by atoms with Crippen molar-refractivity contribution in [2.75, 3.05) is 0 Å². The summed E-state index contributed by atoms with van der Waals surface area (Å²) in [7, 11) is 0. The Kier molecular flexibility index (Phi) is 1.55. The van der Waals surface area contributed by atoms with Crippen LogP contribution in [0.1, 0.15) is 33.6 Å². The molecular formula is C10H15FO2. The van der Waals surface area contributed by atoms with Gasteiger partial charge in [0.1, 0.15) is 0 Å². The SMILES string of the molecule is CC1(C)[C@@H]2CC[C@@]1(C)C(=O)O[C@@H]2F. The molecule has 2 rings (SSSR count). The van der Waals surface area contributed by atoms with Crippen LogP contribution in [0.15, 0.2) is 0 Å². The van der Waals surface area contributed by atoms with Crippen molar-refractivity contribution in [1.82, 2.24) is 0 Å². The molecule has 0 unspecified atom stereocenters. The molecule has 0 amide bonds. The molecule has 1 aliphatic carbocycles. The van der Waals surface area contributed by atoms with E-state index in [2.05, 4.69) is 0 Å². The van der Waals surface area contributed by atoms with Crippen LogP contribution < -0.4 is 0 Å². The van der Waals surface area contributed by atoms with E-state index in [0.717, 1.165) is 12.8 Å². The van der Waals surface area contributed by atoms with Crippen LogP contribution in [0.4, 0.5) is 4.39 Å². The Balaban J connectivity index is 2.45. The van der Waals surface area contributed by atoms with Crippen LogP contribution in [-0.4, -0.2) is 12.3 Å². The molecule has 0 spiro atoms. The molecule has 2 nitrogen and oxygen atoms in total. The molecule has 1 saturated carbocycles. The third kappa shape index (κ3) is 0.851. The van der Waals surface area contributed by atoms with Gasteiger partial charge >= 0.3 is 5.97 Å². The van der Waals surface area contributed by atoms with E-state index in [0.29, 0.717) is 0 Å². The van der Waals surface area contributed by atoms with Crippen molar-refractivity contribution in [3.05, 3.63) is 0 Å². The van der Waals surface area contributed by atoms with Gasteiger partial charge in [0.15, 0.2) is 0 Å². The van der Waals surface area contributed by atoms with Gasteiger partial charge in [0.25, 0.3) is 0 Å².